The molecular formula is C11H19N3S. The molecule has 2 heterocycles. The highest BCUT2D eigenvalue weighted by Crippen LogP contribution is 2.08. The lowest BCUT2D eigenvalue weighted by Gasteiger charge is -2.13. The smallest absolute Gasteiger partial charge is 0.177 e. The Morgan fingerprint density at radius 2 is 2.07 bits per heavy atom. The molecule has 1 N–H and O–H groups in total. The first-order valence-electron chi connectivity index (χ1n) is 5.74. The van der Waals surface area contributed by atoms with Crippen molar-refractivity contribution in [3.63, 3.8) is 0 Å². The fourth-order valence-corrected chi connectivity index (χ4v) is 2.51. The number of imidazole rings is 1. The van der Waals surface area contributed by atoms with Gasteiger partial charge in [0.25, 0.3) is 0 Å². The van der Waals surface area contributed by atoms with E-state index in [1.54, 1.807) is 0 Å². The van der Waals surface area contributed by atoms with E-state index in [9.17, 15) is 0 Å². The fourth-order valence-electron chi connectivity index (χ4n) is 2.20. The van der Waals surface area contributed by atoms with E-state index >= 15 is 0 Å². The number of aryl methyl sites for hydroxylation is 2. The maximum absolute atomic E-state index is 5.21. The van der Waals surface area contributed by atoms with Crippen LogP contribution in [0.3, 0.4) is 0 Å². The van der Waals surface area contributed by atoms with E-state index in [0.717, 1.165) is 17.0 Å². The van der Waals surface area contributed by atoms with Crippen molar-refractivity contribution in [1.82, 2.24) is 14.5 Å². The summed E-state index contributed by atoms with van der Waals surface area (Å²) in [6.45, 7) is 6.88. The average molecular weight is 225 g/mol. The van der Waals surface area contributed by atoms with E-state index < -0.39 is 0 Å². The zero-order valence-electron chi connectivity index (χ0n) is 9.33. The van der Waals surface area contributed by atoms with Gasteiger partial charge in [-0.1, -0.05) is 0 Å². The summed E-state index contributed by atoms with van der Waals surface area (Å²) < 4.78 is 3.00. The molecule has 0 aliphatic carbocycles. The minimum absolute atomic E-state index is 0.855. The SMILES string of the molecule is Cc1cn(CCCN2CCCC2)c(=S)[nH]1. The Bertz CT molecular complexity index is 360. The van der Waals surface area contributed by atoms with Crippen LogP contribution in [0, 0.1) is 11.7 Å². The third-order valence-electron chi connectivity index (χ3n) is 2.99. The molecule has 0 amide bonds. The van der Waals surface area contributed by atoms with E-state index in [0.29, 0.717) is 0 Å². The van der Waals surface area contributed by atoms with Crippen molar-refractivity contribution in [3.8, 4) is 0 Å². The number of rotatable bonds is 4. The molecule has 4 heteroatoms. The highest BCUT2D eigenvalue weighted by Gasteiger charge is 2.10. The Morgan fingerprint density at radius 3 is 2.67 bits per heavy atom. The van der Waals surface area contributed by atoms with Gasteiger partial charge >= 0.3 is 0 Å². The number of nitrogens with zero attached hydrogens (tertiary/aromatic N) is 2. The van der Waals surface area contributed by atoms with Crippen LogP contribution >= 0.6 is 12.2 Å². The number of nitrogens with one attached hydrogen (secondary N) is 1. The van der Waals surface area contributed by atoms with E-state index in [2.05, 4.69) is 20.6 Å². The third-order valence-corrected chi connectivity index (χ3v) is 3.32. The van der Waals surface area contributed by atoms with Crippen molar-refractivity contribution < 1.29 is 0 Å². The second-order valence-electron chi connectivity index (χ2n) is 4.34. The molecule has 84 valence electrons. The molecule has 1 aromatic heterocycles. The van der Waals surface area contributed by atoms with Gasteiger partial charge in [-0.15, -0.1) is 0 Å². The summed E-state index contributed by atoms with van der Waals surface area (Å²) in [6.07, 6.45) is 6.06. The average Bonchev–Trinajstić information content (AvgIpc) is 2.77. The van der Waals surface area contributed by atoms with E-state index in [1.807, 2.05) is 6.92 Å². The van der Waals surface area contributed by atoms with Crippen molar-refractivity contribution >= 4 is 12.2 Å². The minimum Gasteiger partial charge on any atom is -0.335 e. The van der Waals surface area contributed by atoms with Gasteiger partial charge in [-0.25, -0.2) is 0 Å². The van der Waals surface area contributed by atoms with Gasteiger partial charge in [-0.05, 0) is 58.0 Å². The third kappa shape index (κ3) is 2.92. The predicted molar refractivity (Wildman–Crippen MR) is 64.6 cm³/mol. The fraction of sp³-hybridized carbons (Fsp3) is 0.727. The highest BCUT2D eigenvalue weighted by molar-refractivity contribution is 7.71. The van der Waals surface area contributed by atoms with Crippen LogP contribution in [-0.2, 0) is 6.54 Å². The molecular weight excluding hydrogens is 206 g/mol. The van der Waals surface area contributed by atoms with E-state index in [1.165, 1.54) is 38.9 Å². The molecule has 1 saturated heterocycles. The second-order valence-corrected chi connectivity index (χ2v) is 4.72. The van der Waals surface area contributed by atoms with Crippen LogP contribution in [0.4, 0.5) is 0 Å². The summed E-state index contributed by atoms with van der Waals surface area (Å²) in [5.74, 6) is 0. The number of H-pyrrole nitrogens is 1. The molecule has 1 aromatic rings. The van der Waals surface area contributed by atoms with Crippen molar-refractivity contribution in [2.24, 2.45) is 0 Å². The number of aromatic amines is 1. The maximum Gasteiger partial charge on any atom is 0.177 e. The van der Waals surface area contributed by atoms with Crippen molar-refractivity contribution in [1.29, 1.82) is 0 Å². The summed E-state index contributed by atoms with van der Waals surface area (Å²) in [7, 11) is 0. The molecule has 0 spiro atoms. The summed E-state index contributed by atoms with van der Waals surface area (Å²) in [6, 6.07) is 0. The minimum atomic E-state index is 0.855. The molecule has 0 aromatic carbocycles. The Kier molecular flexibility index (Phi) is 3.59. The predicted octanol–water partition coefficient (Wildman–Crippen LogP) is 2.34. The summed E-state index contributed by atoms with van der Waals surface area (Å²) >= 11 is 5.21. The number of hydrogen-bond acceptors (Lipinski definition) is 2. The Morgan fingerprint density at radius 1 is 1.33 bits per heavy atom. The lowest BCUT2D eigenvalue weighted by molar-refractivity contribution is 0.325. The van der Waals surface area contributed by atoms with E-state index in [4.69, 9.17) is 12.2 Å². The van der Waals surface area contributed by atoms with Crippen molar-refractivity contribution in [3.05, 3.63) is 16.7 Å². The molecule has 0 atom stereocenters. The number of likely N-dealkylation sites (tertiary alicyclic amines) is 1. The number of aromatic nitrogens is 2. The van der Waals surface area contributed by atoms with Crippen molar-refractivity contribution in [2.75, 3.05) is 19.6 Å². The van der Waals surface area contributed by atoms with Gasteiger partial charge in [0.1, 0.15) is 0 Å². The van der Waals surface area contributed by atoms with Crippen LogP contribution in [0.25, 0.3) is 0 Å². The lowest BCUT2D eigenvalue weighted by atomic mass is 10.4. The summed E-state index contributed by atoms with van der Waals surface area (Å²) in [5, 5.41) is 0. The first-order valence-corrected chi connectivity index (χ1v) is 6.15. The molecule has 1 aliphatic heterocycles. The van der Waals surface area contributed by atoms with Gasteiger partial charge in [0.15, 0.2) is 4.77 Å². The van der Waals surface area contributed by atoms with Crippen LogP contribution in [-0.4, -0.2) is 34.1 Å². The summed E-state index contributed by atoms with van der Waals surface area (Å²) in [5.41, 5.74) is 1.15. The van der Waals surface area contributed by atoms with Crippen LogP contribution in [0.2, 0.25) is 0 Å². The van der Waals surface area contributed by atoms with Gasteiger partial charge < -0.3 is 14.5 Å². The summed E-state index contributed by atoms with van der Waals surface area (Å²) in [4.78, 5) is 5.69. The van der Waals surface area contributed by atoms with Gasteiger partial charge in [0.2, 0.25) is 0 Å². The molecule has 3 nitrogen and oxygen atoms in total. The van der Waals surface area contributed by atoms with E-state index in [-0.39, 0.29) is 0 Å². The molecule has 1 fully saturated rings. The number of hydrogen-bond donors (Lipinski definition) is 1. The van der Waals surface area contributed by atoms with Gasteiger partial charge in [-0.2, -0.15) is 0 Å². The zero-order valence-corrected chi connectivity index (χ0v) is 10.1. The highest BCUT2D eigenvalue weighted by atomic mass is 32.1. The first kappa shape index (κ1) is 10.9. The second kappa shape index (κ2) is 4.94. The topological polar surface area (TPSA) is 24.0 Å². The Labute approximate surface area is 96.1 Å². The molecule has 2 rings (SSSR count). The van der Waals surface area contributed by atoms with Gasteiger partial charge in [0, 0.05) is 18.4 Å². The van der Waals surface area contributed by atoms with Crippen LogP contribution in [0.15, 0.2) is 6.20 Å². The quantitative estimate of drug-likeness (QED) is 0.795. The molecule has 0 unspecified atom stereocenters. The van der Waals surface area contributed by atoms with Crippen LogP contribution in [0.5, 0.6) is 0 Å². The normalized spacial score (nSPS) is 17.4. The Hall–Kier alpha value is -0.610. The lowest BCUT2D eigenvalue weighted by Crippen LogP contribution is -2.21. The standard InChI is InChI=1S/C11H19N3S/c1-10-9-14(11(15)12-10)8-4-7-13-5-2-3-6-13/h9H,2-8H2,1H3,(H,12,15). The maximum atomic E-state index is 5.21. The molecule has 0 bridgehead atoms. The molecule has 15 heavy (non-hydrogen) atoms. The molecule has 0 radical (unpaired) electrons. The largest absolute Gasteiger partial charge is 0.335 e. The van der Waals surface area contributed by atoms with Crippen molar-refractivity contribution in [2.45, 2.75) is 32.7 Å². The monoisotopic (exact) mass is 225 g/mol. The molecule has 0 saturated carbocycles. The Balaban J connectivity index is 1.77. The molecule has 1 aliphatic rings. The first-order chi connectivity index (χ1) is 7.25. The van der Waals surface area contributed by atoms with Crippen LogP contribution in [0.1, 0.15) is 25.0 Å². The zero-order chi connectivity index (χ0) is 10.7. The van der Waals surface area contributed by atoms with Crippen LogP contribution < -0.4 is 0 Å². The van der Waals surface area contributed by atoms with Gasteiger partial charge in [-0.3, -0.25) is 0 Å². The van der Waals surface area contributed by atoms with Gasteiger partial charge in [0.05, 0.1) is 0 Å².